The van der Waals surface area contributed by atoms with E-state index in [1.54, 1.807) is 18.2 Å². The van der Waals surface area contributed by atoms with Crippen LogP contribution in [-0.2, 0) is 29.2 Å². The van der Waals surface area contributed by atoms with Crippen LogP contribution in [0.5, 0.6) is 0 Å². The maximum Gasteiger partial charge on any atom is 0.389 e. The van der Waals surface area contributed by atoms with E-state index in [2.05, 4.69) is 30.4 Å². The molecular weight excluding hydrogens is 577 g/mol. The van der Waals surface area contributed by atoms with Crippen LogP contribution >= 0.6 is 0 Å². The lowest BCUT2D eigenvalue weighted by Crippen LogP contribution is -2.24. The van der Waals surface area contributed by atoms with Gasteiger partial charge in [-0.15, -0.1) is 0 Å². The molecule has 0 radical (unpaired) electrons. The number of hydrogen-bond donors (Lipinski definition) is 3. The van der Waals surface area contributed by atoms with Crippen LogP contribution in [0.1, 0.15) is 66.7 Å². The summed E-state index contributed by atoms with van der Waals surface area (Å²) in [4.78, 5) is 31.2. The van der Waals surface area contributed by atoms with E-state index >= 15 is 0 Å². The van der Waals surface area contributed by atoms with Crippen molar-refractivity contribution in [1.29, 1.82) is 0 Å². The van der Waals surface area contributed by atoms with Gasteiger partial charge < -0.3 is 20.4 Å². The number of aromatic nitrogens is 4. The summed E-state index contributed by atoms with van der Waals surface area (Å²) in [5, 5.41) is 9.01. The number of carbonyl (C=O) groups is 2. The molecule has 2 amide bonds. The third kappa shape index (κ3) is 11.7. The lowest BCUT2D eigenvalue weighted by atomic mass is 9.97. The summed E-state index contributed by atoms with van der Waals surface area (Å²) in [5.74, 6) is -3.01. The minimum absolute atomic E-state index is 0.0596. The van der Waals surface area contributed by atoms with Gasteiger partial charge in [0.25, 0.3) is 5.91 Å². The van der Waals surface area contributed by atoms with Crippen LogP contribution in [0, 0.1) is 0 Å². The quantitative estimate of drug-likeness (QED) is 0.250. The van der Waals surface area contributed by atoms with E-state index in [1.807, 2.05) is 0 Å². The number of H-pyrrole nitrogens is 1. The topological polar surface area (TPSA) is 114 Å². The van der Waals surface area contributed by atoms with E-state index in [1.165, 1.54) is 17.1 Å². The minimum atomic E-state index is -4.39. The summed E-state index contributed by atoms with van der Waals surface area (Å²) < 4.78 is 90.4. The average Bonchev–Trinajstić information content (AvgIpc) is 3.55. The first-order valence-electron chi connectivity index (χ1n) is 13.2. The number of halogens is 7. The first kappa shape index (κ1) is 32.8. The summed E-state index contributed by atoms with van der Waals surface area (Å²) in [6.45, 7) is -2.94. The molecule has 42 heavy (non-hydrogen) atoms. The Labute approximate surface area is 236 Å². The Bertz CT molecular complexity index is 1300. The molecule has 0 spiro atoms. The van der Waals surface area contributed by atoms with Crippen molar-refractivity contribution >= 4 is 22.8 Å². The zero-order valence-corrected chi connectivity index (χ0v) is 22.5. The van der Waals surface area contributed by atoms with Crippen molar-refractivity contribution in [3.05, 3.63) is 47.5 Å². The third-order valence-corrected chi connectivity index (χ3v) is 6.18. The number of carbonyl (C=O) groups excluding carboxylic acids is 2. The van der Waals surface area contributed by atoms with Crippen molar-refractivity contribution in [3.8, 4) is 0 Å². The van der Waals surface area contributed by atoms with Crippen LogP contribution in [0.3, 0.4) is 0 Å². The van der Waals surface area contributed by atoms with Crippen molar-refractivity contribution in [2.45, 2.75) is 83.3 Å². The fourth-order valence-electron chi connectivity index (χ4n) is 4.02. The number of benzene rings is 1. The number of nitrogens with zero attached hydrogens (tertiary/aromatic N) is 3. The van der Waals surface area contributed by atoms with Gasteiger partial charge in [-0.1, -0.05) is 12.5 Å². The Morgan fingerprint density at radius 2 is 1.83 bits per heavy atom. The summed E-state index contributed by atoms with van der Waals surface area (Å²) in [6, 6.07) is 5.06. The highest BCUT2D eigenvalue weighted by Gasteiger charge is 2.30. The molecule has 1 aliphatic carbocycles. The van der Waals surface area contributed by atoms with Crippen molar-refractivity contribution in [2.24, 2.45) is 0 Å². The van der Waals surface area contributed by atoms with Crippen LogP contribution in [0.4, 0.5) is 30.7 Å². The average molecular weight is 609 g/mol. The van der Waals surface area contributed by atoms with Gasteiger partial charge in [0, 0.05) is 32.0 Å². The lowest BCUT2D eigenvalue weighted by Gasteiger charge is -2.20. The fraction of sp³-hybridized carbons (Fsp3) is 0.538. The highest BCUT2D eigenvalue weighted by molar-refractivity contribution is 5.93. The maximum absolute atomic E-state index is 12.3. The van der Waals surface area contributed by atoms with Gasteiger partial charge in [0.05, 0.1) is 48.9 Å². The summed E-state index contributed by atoms with van der Waals surface area (Å²) in [7, 11) is 0. The van der Waals surface area contributed by atoms with Gasteiger partial charge in [-0.2, -0.15) is 27.1 Å². The first-order valence-corrected chi connectivity index (χ1v) is 13.2. The van der Waals surface area contributed by atoms with Crippen LogP contribution in [0.2, 0.25) is 0 Å². The number of rotatable bonds is 11. The minimum Gasteiger partial charge on any atom is -0.352 e. The molecule has 1 saturated carbocycles. The number of aromatic amines is 1. The second-order valence-electron chi connectivity index (χ2n) is 9.65. The second-order valence-corrected chi connectivity index (χ2v) is 9.65. The molecule has 3 aromatic rings. The molecule has 2 aromatic heterocycles. The Balaban J connectivity index is 0.000000521. The molecule has 4 rings (SSSR count). The largest absolute Gasteiger partial charge is 0.389 e. The van der Waals surface area contributed by atoms with E-state index in [0.717, 1.165) is 6.42 Å². The number of ether oxygens (including phenoxy) is 1. The smallest absolute Gasteiger partial charge is 0.352 e. The zero-order valence-electron chi connectivity index (χ0n) is 22.5. The van der Waals surface area contributed by atoms with Crippen molar-refractivity contribution in [2.75, 3.05) is 6.61 Å². The Morgan fingerprint density at radius 1 is 1.10 bits per heavy atom. The second kappa shape index (κ2) is 15.0. The first-order chi connectivity index (χ1) is 19.8. The van der Waals surface area contributed by atoms with Gasteiger partial charge in [0.2, 0.25) is 11.8 Å². The lowest BCUT2D eigenvalue weighted by molar-refractivity contribution is -0.144. The van der Waals surface area contributed by atoms with E-state index in [4.69, 9.17) is 0 Å². The predicted molar refractivity (Wildman–Crippen MR) is 137 cm³/mol. The third-order valence-electron chi connectivity index (χ3n) is 6.18. The number of alkyl halides is 7. The number of hydrogen-bond acceptors (Lipinski definition) is 5. The standard InChI is InChI=1S/C20H21F5N6O3.C6H10F2/c21-19(22)34-6-5-31-11-13(9-28-31)18(33)27-10-16-29-14-2-1-12(7-15(14)30-16)8-26-17(32)3-4-20(23,24)25;7-6(8)4-2-1-3-5-6/h1-2,7,9,11,19H,3-6,8,10H2,(H,26,32)(H,27,33)(H,29,30);1-5H2. The molecule has 0 bridgehead atoms. The molecular formula is C26H31F7N6O3. The molecule has 16 heteroatoms. The highest BCUT2D eigenvalue weighted by Crippen LogP contribution is 2.32. The number of imidazole rings is 1. The molecule has 0 saturated heterocycles. The van der Waals surface area contributed by atoms with E-state index in [9.17, 15) is 40.3 Å². The van der Waals surface area contributed by atoms with Crippen molar-refractivity contribution in [3.63, 3.8) is 0 Å². The summed E-state index contributed by atoms with van der Waals surface area (Å²) >= 11 is 0. The van der Waals surface area contributed by atoms with E-state index in [-0.39, 0.29) is 44.6 Å². The van der Waals surface area contributed by atoms with Gasteiger partial charge >= 0.3 is 12.8 Å². The molecule has 3 N–H and O–H groups in total. The Hall–Kier alpha value is -3.69. The normalized spacial score (nSPS) is 14.9. The van der Waals surface area contributed by atoms with Crippen LogP contribution in [-0.4, -0.2) is 56.9 Å². The van der Waals surface area contributed by atoms with Crippen molar-refractivity contribution < 1.29 is 45.1 Å². The van der Waals surface area contributed by atoms with Crippen LogP contribution in [0.15, 0.2) is 30.6 Å². The molecule has 232 valence electrons. The molecule has 1 aromatic carbocycles. The molecule has 1 fully saturated rings. The van der Waals surface area contributed by atoms with Gasteiger partial charge in [0.1, 0.15) is 5.82 Å². The molecule has 9 nitrogen and oxygen atoms in total. The Kier molecular flexibility index (Phi) is 11.7. The van der Waals surface area contributed by atoms with Crippen LogP contribution < -0.4 is 10.6 Å². The van der Waals surface area contributed by atoms with Gasteiger partial charge in [-0.3, -0.25) is 14.3 Å². The molecule has 0 aliphatic heterocycles. The number of nitrogens with one attached hydrogen (secondary N) is 3. The van der Waals surface area contributed by atoms with E-state index < -0.39 is 43.4 Å². The predicted octanol–water partition coefficient (Wildman–Crippen LogP) is 5.47. The molecule has 0 atom stereocenters. The van der Waals surface area contributed by atoms with Crippen LogP contribution in [0.25, 0.3) is 11.0 Å². The van der Waals surface area contributed by atoms with E-state index in [0.29, 0.717) is 35.3 Å². The Morgan fingerprint density at radius 3 is 2.48 bits per heavy atom. The van der Waals surface area contributed by atoms with Crippen molar-refractivity contribution in [1.82, 2.24) is 30.4 Å². The SMILES string of the molecule is FC1(F)CCCCC1.O=C(CCC(F)(F)F)NCc1ccc2nc(CNC(=O)c3cnn(CCOC(F)F)c3)[nH]c2c1. The zero-order chi connectivity index (χ0) is 30.8. The summed E-state index contributed by atoms with van der Waals surface area (Å²) in [5.41, 5.74) is 2.12. The fourth-order valence-corrected chi connectivity index (χ4v) is 4.02. The molecule has 0 unspecified atom stereocenters. The molecule has 2 heterocycles. The maximum atomic E-state index is 12.3. The number of fused-ring (bicyclic) bond motifs is 1. The van der Waals surface area contributed by atoms with Gasteiger partial charge in [-0.25, -0.2) is 13.8 Å². The van der Waals surface area contributed by atoms with Gasteiger partial charge in [0.15, 0.2) is 0 Å². The number of amides is 2. The highest BCUT2D eigenvalue weighted by atomic mass is 19.4. The van der Waals surface area contributed by atoms with Gasteiger partial charge in [-0.05, 0) is 30.5 Å². The monoisotopic (exact) mass is 608 g/mol. The molecule has 1 aliphatic rings. The summed E-state index contributed by atoms with van der Waals surface area (Å²) in [6.07, 6.45) is -0.841.